The number of carbonyl (C=O) groups excluding carboxylic acids is 2. The fourth-order valence-electron chi connectivity index (χ4n) is 5.08. The van der Waals surface area contributed by atoms with Crippen molar-refractivity contribution in [3.05, 3.63) is 78.4 Å². The minimum absolute atomic E-state index is 0.117. The minimum Gasteiger partial charge on any atom is -0.532 e. The number of aromatic nitrogens is 1. The molecule has 0 N–H and O–H groups in total. The SMILES string of the molecule is CCC#Cc1cc(O[Si](c2ccccc2)(c2ccccc2)C(C)(C)C)c2nc(N(C(=O)OC(C)(C)C)C(=O)OC(C)(C)C)sc2c1. The normalized spacial score (nSPS) is 12.2. The van der Waals surface area contributed by atoms with E-state index in [-0.39, 0.29) is 10.2 Å². The Morgan fingerprint density at radius 3 is 1.74 bits per heavy atom. The van der Waals surface area contributed by atoms with Gasteiger partial charge in [0.1, 0.15) is 22.5 Å². The molecule has 3 aromatic carbocycles. The van der Waals surface area contributed by atoms with Gasteiger partial charge in [-0.1, -0.05) is 112 Å². The molecule has 9 heteroatoms. The second kappa shape index (κ2) is 13.3. The van der Waals surface area contributed by atoms with Gasteiger partial charge < -0.3 is 13.9 Å². The number of nitrogens with zero attached hydrogens (tertiary/aromatic N) is 2. The van der Waals surface area contributed by atoms with E-state index >= 15 is 0 Å². The highest BCUT2D eigenvalue weighted by atomic mass is 32.1. The molecule has 0 aliphatic rings. The van der Waals surface area contributed by atoms with Crippen LogP contribution < -0.4 is 19.7 Å². The van der Waals surface area contributed by atoms with Crippen molar-refractivity contribution in [2.45, 2.75) is 91.9 Å². The molecule has 242 valence electrons. The Kier molecular flexibility index (Phi) is 10.0. The van der Waals surface area contributed by atoms with Crippen LogP contribution >= 0.6 is 11.3 Å². The first-order valence-corrected chi connectivity index (χ1v) is 18.2. The molecule has 1 aromatic heterocycles. The molecule has 0 bridgehead atoms. The number of hydrogen-bond acceptors (Lipinski definition) is 7. The molecule has 1 heterocycles. The number of hydrogen-bond donors (Lipinski definition) is 0. The Morgan fingerprint density at radius 1 is 0.804 bits per heavy atom. The van der Waals surface area contributed by atoms with Crippen molar-refractivity contribution >= 4 is 57.6 Å². The van der Waals surface area contributed by atoms with Crippen LogP contribution in [-0.4, -0.2) is 36.7 Å². The Labute approximate surface area is 278 Å². The van der Waals surface area contributed by atoms with Gasteiger partial charge in [0.2, 0.25) is 5.13 Å². The second-order valence-corrected chi connectivity index (χ2v) is 19.3. The van der Waals surface area contributed by atoms with Crippen molar-refractivity contribution < 1.29 is 23.5 Å². The largest absolute Gasteiger partial charge is 0.532 e. The summed E-state index contributed by atoms with van der Waals surface area (Å²) in [6, 6.07) is 24.5. The highest BCUT2D eigenvalue weighted by molar-refractivity contribution is 7.22. The molecule has 0 aliphatic heterocycles. The molecule has 0 unspecified atom stereocenters. The van der Waals surface area contributed by atoms with E-state index in [0.717, 1.165) is 20.8 Å². The first kappa shape index (κ1) is 34.7. The van der Waals surface area contributed by atoms with Crippen molar-refractivity contribution in [3.8, 4) is 17.6 Å². The Hall–Kier alpha value is -4.13. The zero-order valence-corrected chi connectivity index (χ0v) is 30.3. The standard InChI is InChI=1S/C37H44N2O5SSi/c1-11-12-19-26-24-29(44-46(37(8,9)10,27-20-15-13-16-21-27)28-22-17-14-18-23-28)31-30(25-26)45-32(38-31)39(33(40)42-35(2,3)4)34(41)43-36(5,6)7/h13-18,20-25H,11H2,1-10H3. The first-order chi connectivity index (χ1) is 21.4. The third kappa shape index (κ3) is 7.80. The lowest BCUT2D eigenvalue weighted by Crippen LogP contribution is -2.68. The maximum atomic E-state index is 13.5. The number of amides is 2. The average Bonchev–Trinajstić information content (AvgIpc) is 3.36. The molecular weight excluding hydrogens is 613 g/mol. The fourth-order valence-corrected chi connectivity index (χ4v) is 10.5. The monoisotopic (exact) mass is 656 g/mol. The van der Waals surface area contributed by atoms with E-state index in [4.69, 9.17) is 18.9 Å². The number of ether oxygens (including phenoxy) is 2. The van der Waals surface area contributed by atoms with Crippen LogP contribution in [0.1, 0.15) is 81.2 Å². The van der Waals surface area contributed by atoms with Gasteiger partial charge in [0.15, 0.2) is 0 Å². The lowest BCUT2D eigenvalue weighted by atomic mass is 10.2. The van der Waals surface area contributed by atoms with Crippen LogP contribution in [0.3, 0.4) is 0 Å². The summed E-state index contributed by atoms with van der Waals surface area (Å²) in [6.07, 6.45) is -1.07. The zero-order valence-electron chi connectivity index (χ0n) is 28.5. The molecule has 0 saturated heterocycles. The molecule has 7 nitrogen and oxygen atoms in total. The van der Waals surface area contributed by atoms with E-state index in [0.29, 0.717) is 22.4 Å². The summed E-state index contributed by atoms with van der Waals surface area (Å²) in [5.74, 6) is 6.94. The van der Waals surface area contributed by atoms with E-state index in [2.05, 4.69) is 56.9 Å². The summed E-state index contributed by atoms with van der Waals surface area (Å²) >= 11 is 1.18. The quantitative estimate of drug-likeness (QED) is 0.158. The lowest BCUT2D eigenvalue weighted by Gasteiger charge is -2.43. The van der Waals surface area contributed by atoms with Crippen LogP contribution in [0.15, 0.2) is 72.8 Å². The Morgan fingerprint density at radius 2 is 1.30 bits per heavy atom. The van der Waals surface area contributed by atoms with Gasteiger partial charge >= 0.3 is 20.5 Å². The minimum atomic E-state index is -3.07. The maximum Gasteiger partial charge on any atom is 0.426 e. The van der Waals surface area contributed by atoms with Crippen molar-refractivity contribution in [2.75, 3.05) is 4.90 Å². The van der Waals surface area contributed by atoms with Gasteiger partial charge in [-0.15, -0.1) is 0 Å². The van der Waals surface area contributed by atoms with Crippen LogP contribution in [0, 0.1) is 11.8 Å². The van der Waals surface area contributed by atoms with Gasteiger partial charge in [-0.2, -0.15) is 4.90 Å². The molecule has 46 heavy (non-hydrogen) atoms. The van der Waals surface area contributed by atoms with Gasteiger partial charge in [0.05, 0.1) is 4.70 Å². The summed E-state index contributed by atoms with van der Waals surface area (Å²) in [7, 11) is -3.07. The summed E-state index contributed by atoms with van der Waals surface area (Å²) in [5.41, 5.74) is -0.436. The fraction of sp³-hybridized carbons (Fsp3) is 0.378. The molecule has 0 spiro atoms. The second-order valence-electron chi connectivity index (χ2n) is 14.0. The molecule has 0 radical (unpaired) electrons. The molecule has 0 fully saturated rings. The zero-order chi connectivity index (χ0) is 33.9. The van der Waals surface area contributed by atoms with Gasteiger partial charge in [-0.25, -0.2) is 14.6 Å². The number of carbonyl (C=O) groups is 2. The Bertz CT molecular complexity index is 1690. The van der Waals surface area contributed by atoms with Gasteiger partial charge in [-0.05, 0) is 69.1 Å². The van der Waals surface area contributed by atoms with E-state index in [9.17, 15) is 9.59 Å². The number of fused-ring (bicyclic) bond motifs is 1. The number of benzene rings is 3. The van der Waals surface area contributed by atoms with Crippen molar-refractivity contribution in [3.63, 3.8) is 0 Å². The van der Waals surface area contributed by atoms with Crippen LogP contribution in [-0.2, 0) is 9.47 Å². The highest BCUT2D eigenvalue weighted by Crippen LogP contribution is 2.42. The third-order valence-corrected chi connectivity index (χ3v) is 12.8. The topological polar surface area (TPSA) is 78.0 Å². The summed E-state index contributed by atoms with van der Waals surface area (Å²) in [6.45, 7) is 19.1. The van der Waals surface area contributed by atoms with E-state index < -0.39 is 31.7 Å². The Balaban J connectivity index is 2.00. The molecule has 4 aromatic rings. The number of rotatable bonds is 5. The summed E-state index contributed by atoms with van der Waals surface area (Å²) in [4.78, 5) is 32.8. The van der Waals surface area contributed by atoms with Crippen LogP contribution in [0.4, 0.5) is 14.7 Å². The molecule has 4 rings (SSSR count). The summed E-state index contributed by atoms with van der Waals surface area (Å²) in [5, 5.41) is 2.01. The van der Waals surface area contributed by atoms with Crippen molar-refractivity contribution in [2.24, 2.45) is 0 Å². The van der Waals surface area contributed by atoms with Crippen LogP contribution in [0.2, 0.25) is 5.04 Å². The molecule has 2 amide bonds. The third-order valence-electron chi connectivity index (χ3n) is 6.88. The molecule has 0 saturated carbocycles. The van der Waals surface area contributed by atoms with Crippen molar-refractivity contribution in [1.29, 1.82) is 0 Å². The van der Waals surface area contributed by atoms with Gasteiger partial charge in [-0.3, -0.25) is 0 Å². The number of anilines is 1. The molecule has 0 aliphatic carbocycles. The smallest absolute Gasteiger partial charge is 0.426 e. The van der Waals surface area contributed by atoms with Gasteiger partial charge in [0.25, 0.3) is 0 Å². The van der Waals surface area contributed by atoms with Gasteiger partial charge in [0, 0.05) is 12.0 Å². The summed E-state index contributed by atoms with van der Waals surface area (Å²) < 4.78 is 19.4. The predicted octanol–water partition coefficient (Wildman–Crippen LogP) is 8.67. The lowest BCUT2D eigenvalue weighted by molar-refractivity contribution is 0.0430. The van der Waals surface area contributed by atoms with Crippen LogP contribution in [0.5, 0.6) is 5.75 Å². The van der Waals surface area contributed by atoms with E-state index in [1.807, 2.05) is 55.5 Å². The molecular formula is C37H44N2O5SSi. The van der Waals surface area contributed by atoms with Crippen molar-refractivity contribution in [1.82, 2.24) is 4.98 Å². The number of thiazole rings is 1. The highest BCUT2D eigenvalue weighted by Gasteiger charge is 2.52. The number of imide groups is 1. The first-order valence-electron chi connectivity index (χ1n) is 15.4. The van der Waals surface area contributed by atoms with Crippen LogP contribution in [0.25, 0.3) is 10.2 Å². The average molecular weight is 657 g/mol. The molecule has 0 atom stereocenters. The van der Waals surface area contributed by atoms with E-state index in [1.54, 1.807) is 41.5 Å². The maximum absolute atomic E-state index is 13.5. The van der Waals surface area contributed by atoms with E-state index in [1.165, 1.54) is 11.3 Å². The predicted molar refractivity (Wildman–Crippen MR) is 190 cm³/mol.